The van der Waals surface area contributed by atoms with Gasteiger partial charge in [0.1, 0.15) is 0 Å². The van der Waals surface area contributed by atoms with E-state index in [4.69, 9.17) is 0 Å². The molecule has 1 heteroatoms. The summed E-state index contributed by atoms with van der Waals surface area (Å²) in [5.41, 5.74) is 3.19. The molecule has 2 rings (SSSR count). The second-order valence-corrected chi connectivity index (χ2v) is 6.95. The molecule has 0 fully saturated rings. The zero-order valence-corrected chi connectivity index (χ0v) is 9.53. The van der Waals surface area contributed by atoms with Gasteiger partial charge in [0.05, 0.1) is 8.80 Å². The third-order valence-electron chi connectivity index (χ3n) is 2.75. The van der Waals surface area contributed by atoms with Gasteiger partial charge in [-0.25, -0.2) is 0 Å². The second kappa shape index (κ2) is 3.50. The van der Waals surface area contributed by atoms with Gasteiger partial charge in [0.2, 0.25) is 0 Å². The largest absolute Gasteiger partial charge is 0.0802 e. The van der Waals surface area contributed by atoms with Crippen LogP contribution in [0, 0.1) is 0 Å². The van der Waals surface area contributed by atoms with E-state index in [9.17, 15) is 0 Å². The van der Waals surface area contributed by atoms with Gasteiger partial charge in [0.25, 0.3) is 0 Å². The molecule has 0 aromatic rings. The van der Waals surface area contributed by atoms with Crippen LogP contribution in [0.25, 0.3) is 0 Å². The summed E-state index contributed by atoms with van der Waals surface area (Å²) in [6, 6.07) is 0. The first-order valence-electron chi connectivity index (χ1n) is 5.04. The van der Waals surface area contributed by atoms with Crippen LogP contribution in [-0.4, -0.2) is 8.80 Å². The normalized spacial score (nSPS) is 20.7. The molecule has 0 aromatic heterocycles. The first kappa shape index (κ1) is 8.76. The molecule has 68 valence electrons. The Morgan fingerprint density at radius 3 is 2.62 bits per heavy atom. The molecule has 0 saturated carbocycles. The third-order valence-corrected chi connectivity index (χ3v) is 4.53. The van der Waals surface area contributed by atoms with Crippen molar-refractivity contribution in [3.63, 3.8) is 0 Å². The van der Waals surface area contributed by atoms with E-state index in [0.29, 0.717) is 0 Å². The Balaban J connectivity index is 2.28. The van der Waals surface area contributed by atoms with E-state index in [-0.39, 0.29) is 0 Å². The molecular formula is C12H16Si. The molecule has 0 heterocycles. The average molecular weight is 188 g/mol. The van der Waals surface area contributed by atoms with Crippen LogP contribution < -0.4 is 0 Å². The minimum atomic E-state index is -0.613. The zero-order chi connectivity index (χ0) is 9.26. The number of hydrogen-bond donors (Lipinski definition) is 0. The van der Waals surface area contributed by atoms with Crippen molar-refractivity contribution in [3.05, 3.63) is 46.7 Å². The topological polar surface area (TPSA) is 0 Å². The van der Waals surface area contributed by atoms with Gasteiger partial charge < -0.3 is 0 Å². The van der Waals surface area contributed by atoms with Crippen molar-refractivity contribution in [2.24, 2.45) is 0 Å². The highest BCUT2D eigenvalue weighted by Gasteiger charge is 2.16. The van der Waals surface area contributed by atoms with Crippen LogP contribution >= 0.6 is 0 Å². The predicted molar refractivity (Wildman–Crippen MR) is 61.5 cm³/mol. The summed E-state index contributed by atoms with van der Waals surface area (Å²) in [6.07, 6.45) is 13.7. The fourth-order valence-electron chi connectivity index (χ4n) is 2.05. The van der Waals surface area contributed by atoms with Gasteiger partial charge in [-0.05, 0) is 24.0 Å². The molecule has 2 aliphatic rings. The molecule has 2 aliphatic carbocycles. The molecule has 0 amide bonds. The van der Waals surface area contributed by atoms with Crippen LogP contribution in [0.3, 0.4) is 0 Å². The molecule has 13 heavy (non-hydrogen) atoms. The Morgan fingerprint density at radius 1 is 1.15 bits per heavy atom. The van der Waals surface area contributed by atoms with E-state index in [2.05, 4.69) is 43.5 Å². The molecule has 0 N–H and O–H groups in total. The van der Waals surface area contributed by atoms with Gasteiger partial charge in [0.15, 0.2) is 0 Å². The minimum Gasteiger partial charge on any atom is -0.0802 e. The van der Waals surface area contributed by atoms with Gasteiger partial charge in [-0.1, -0.05) is 48.7 Å². The van der Waals surface area contributed by atoms with E-state index < -0.39 is 8.80 Å². The van der Waals surface area contributed by atoms with E-state index in [0.717, 1.165) is 6.42 Å². The smallest absolute Gasteiger partial charge is 0.0651 e. The second-order valence-electron chi connectivity index (χ2n) is 4.02. The van der Waals surface area contributed by atoms with Crippen LogP contribution in [0.15, 0.2) is 46.7 Å². The summed E-state index contributed by atoms with van der Waals surface area (Å²) in [5.74, 6) is 0. The van der Waals surface area contributed by atoms with Crippen molar-refractivity contribution in [1.82, 2.24) is 0 Å². The monoisotopic (exact) mass is 188 g/mol. The van der Waals surface area contributed by atoms with E-state index in [1.54, 1.807) is 16.3 Å². The molecule has 0 atom stereocenters. The summed E-state index contributed by atoms with van der Waals surface area (Å²) in [5, 5.41) is 1.68. The summed E-state index contributed by atoms with van der Waals surface area (Å²) < 4.78 is 0. The summed E-state index contributed by atoms with van der Waals surface area (Å²) in [4.78, 5) is 0. The van der Waals surface area contributed by atoms with Crippen LogP contribution in [0.2, 0.25) is 13.1 Å². The lowest BCUT2D eigenvalue weighted by Gasteiger charge is -2.10. The van der Waals surface area contributed by atoms with Gasteiger partial charge in [-0.3, -0.25) is 0 Å². The summed E-state index contributed by atoms with van der Waals surface area (Å²) >= 11 is 0. The maximum Gasteiger partial charge on any atom is 0.0651 e. The average Bonchev–Trinajstić information content (AvgIpc) is 2.74. The molecule has 0 radical (unpaired) electrons. The van der Waals surface area contributed by atoms with Crippen molar-refractivity contribution >= 4 is 8.80 Å². The highest BCUT2D eigenvalue weighted by atomic mass is 28.3. The lowest BCUT2D eigenvalue weighted by Crippen LogP contribution is -2.05. The zero-order valence-electron chi connectivity index (χ0n) is 8.38. The number of rotatable bonds is 2. The molecule has 0 bridgehead atoms. The third kappa shape index (κ3) is 1.61. The van der Waals surface area contributed by atoms with Crippen molar-refractivity contribution in [2.75, 3.05) is 0 Å². The molecule has 0 aromatic carbocycles. The Kier molecular flexibility index (Phi) is 2.36. The van der Waals surface area contributed by atoms with Crippen molar-refractivity contribution < 1.29 is 0 Å². The quantitative estimate of drug-likeness (QED) is 0.584. The fourth-order valence-corrected chi connectivity index (χ4v) is 3.57. The van der Waals surface area contributed by atoms with Crippen molar-refractivity contribution in [3.8, 4) is 0 Å². The van der Waals surface area contributed by atoms with E-state index >= 15 is 0 Å². The predicted octanol–water partition coefficient (Wildman–Crippen LogP) is 3.16. The van der Waals surface area contributed by atoms with Gasteiger partial charge in [-0.15, -0.1) is 0 Å². The maximum absolute atomic E-state index is 2.41. The first-order chi connectivity index (χ1) is 6.29. The fraction of sp³-hybridized carbons (Fsp3) is 0.333. The first-order valence-corrected chi connectivity index (χ1v) is 7.93. The summed E-state index contributed by atoms with van der Waals surface area (Å²) in [6.45, 7) is 4.82. The standard InChI is InChI=1S/C12H16Si/c1-13(2)12-9-5-8-11(12)10-6-3-4-7-10/h3-6,9,13H,7-8H2,1-2H3. The van der Waals surface area contributed by atoms with E-state index in [1.807, 2.05) is 0 Å². The Hall–Kier alpha value is -0.823. The van der Waals surface area contributed by atoms with Crippen LogP contribution in [-0.2, 0) is 0 Å². The molecule has 0 unspecified atom stereocenters. The Bertz CT molecular complexity index is 327. The van der Waals surface area contributed by atoms with Crippen molar-refractivity contribution in [2.45, 2.75) is 25.9 Å². The Morgan fingerprint density at radius 2 is 2.00 bits per heavy atom. The lowest BCUT2D eigenvalue weighted by atomic mass is 10.1. The highest BCUT2D eigenvalue weighted by molar-refractivity contribution is 6.65. The Labute approximate surface area is 82.0 Å². The van der Waals surface area contributed by atoms with Crippen LogP contribution in [0.1, 0.15) is 12.8 Å². The molecular weight excluding hydrogens is 172 g/mol. The van der Waals surface area contributed by atoms with E-state index in [1.165, 1.54) is 6.42 Å². The lowest BCUT2D eigenvalue weighted by molar-refractivity contribution is 1.17. The van der Waals surface area contributed by atoms with Gasteiger partial charge >= 0.3 is 0 Å². The molecule has 0 saturated heterocycles. The van der Waals surface area contributed by atoms with Crippen LogP contribution in [0.4, 0.5) is 0 Å². The maximum atomic E-state index is 2.41. The minimum absolute atomic E-state index is 0.613. The van der Waals surface area contributed by atoms with Gasteiger partial charge in [-0.2, -0.15) is 0 Å². The molecule has 0 nitrogen and oxygen atoms in total. The van der Waals surface area contributed by atoms with Gasteiger partial charge in [0, 0.05) is 0 Å². The number of allylic oxidation sites excluding steroid dienone is 8. The summed E-state index contributed by atoms with van der Waals surface area (Å²) in [7, 11) is -0.613. The SMILES string of the molecule is C[SiH](C)C1=C(C2=CC=CC2)CC=C1. The van der Waals surface area contributed by atoms with Crippen LogP contribution in [0.5, 0.6) is 0 Å². The highest BCUT2D eigenvalue weighted by Crippen LogP contribution is 2.31. The molecule has 0 spiro atoms. The molecule has 0 aliphatic heterocycles. The van der Waals surface area contributed by atoms with Crippen molar-refractivity contribution in [1.29, 1.82) is 0 Å². The number of hydrogen-bond acceptors (Lipinski definition) is 0.